The maximum absolute atomic E-state index is 10.3. The Balaban J connectivity index is 2.09. The van der Waals surface area contributed by atoms with Crippen molar-refractivity contribution >= 4 is 23.2 Å². The van der Waals surface area contributed by atoms with Crippen molar-refractivity contribution in [3.05, 3.63) is 40.9 Å². The van der Waals surface area contributed by atoms with Crippen LogP contribution in [0.5, 0.6) is 5.75 Å². The van der Waals surface area contributed by atoms with E-state index in [0.29, 0.717) is 15.8 Å². The molecule has 1 aromatic carbocycles. The van der Waals surface area contributed by atoms with E-state index in [-0.39, 0.29) is 6.54 Å². The van der Waals surface area contributed by atoms with Crippen LogP contribution >= 0.6 is 23.2 Å². The van der Waals surface area contributed by atoms with E-state index >= 15 is 0 Å². The van der Waals surface area contributed by atoms with E-state index in [1.54, 1.807) is 36.7 Å². The maximum Gasteiger partial charge on any atom is 0.138 e. The van der Waals surface area contributed by atoms with E-state index in [2.05, 4.69) is 10.1 Å². The Labute approximate surface area is 127 Å². The third-order valence-electron chi connectivity index (χ3n) is 2.90. The van der Waals surface area contributed by atoms with Gasteiger partial charge < -0.3 is 9.84 Å². The van der Waals surface area contributed by atoms with Crippen LogP contribution in [-0.2, 0) is 6.54 Å². The molecule has 0 spiro atoms. The molecular formula is C13H15Cl2N3O2. The molecule has 0 aliphatic carbocycles. The van der Waals surface area contributed by atoms with Crippen LogP contribution in [0.2, 0.25) is 10.0 Å². The molecule has 1 atom stereocenters. The average Bonchev–Trinajstić information content (AvgIpc) is 2.85. The van der Waals surface area contributed by atoms with E-state index < -0.39 is 11.7 Å². The zero-order chi connectivity index (χ0) is 14.8. The van der Waals surface area contributed by atoms with Gasteiger partial charge in [0, 0.05) is 5.02 Å². The van der Waals surface area contributed by atoms with Crippen LogP contribution in [0.25, 0.3) is 0 Å². The van der Waals surface area contributed by atoms with Gasteiger partial charge in [0.05, 0.1) is 11.6 Å². The zero-order valence-electron chi connectivity index (χ0n) is 11.1. The van der Waals surface area contributed by atoms with Gasteiger partial charge in [-0.25, -0.2) is 4.98 Å². The van der Waals surface area contributed by atoms with Crippen molar-refractivity contribution in [3.63, 3.8) is 0 Å². The van der Waals surface area contributed by atoms with E-state index in [0.717, 1.165) is 0 Å². The highest BCUT2D eigenvalue weighted by atomic mass is 35.5. The van der Waals surface area contributed by atoms with Crippen LogP contribution in [0.1, 0.15) is 13.8 Å². The summed E-state index contributed by atoms with van der Waals surface area (Å²) in [6.07, 6.45) is 2.17. The number of rotatable bonds is 5. The molecule has 0 aliphatic rings. The highest BCUT2D eigenvalue weighted by Crippen LogP contribution is 2.31. The Morgan fingerprint density at radius 3 is 2.75 bits per heavy atom. The van der Waals surface area contributed by atoms with Gasteiger partial charge >= 0.3 is 0 Å². The largest absolute Gasteiger partial charge is 0.484 e. The van der Waals surface area contributed by atoms with Gasteiger partial charge in [-0.05, 0) is 32.0 Å². The molecule has 0 aliphatic heterocycles. The molecule has 0 saturated heterocycles. The molecule has 1 aromatic heterocycles. The minimum atomic E-state index is -0.844. The number of benzene rings is 1. The second kappa shape index (κ2) is 5.99. The fourth-order valence-corrected chi connectivity index (χ4v) is 2.08. The van der Waals surface area contributed by atoms with Gasteiger partial charge in [0.2, 0.25) is 0 Å². The molecule has 2 aromatic rings. The van der Waals surface area contributed by atoms with Gasteiger partial charge in [0.1, 0.15) is 30.1 Å². The summed E-state index contributed by atoms with van der Waals surface area (Å²) in [5.41, 5.74) is -0.844. The second-order valence-electron chi connectivity index (χ2n) is 4.91. The smallest absolute Gasteiger partial charge is 0.138 e. The molecule has 108 valence electrons. The lowest BCUT2D eigenvalue weighted by molar-refractivity contribution is -0.0382. The Bertz CT molecular complexity index is 573. The first-order valence-corrected chi connectivity index (χ1v) is 6.78. The lowest BCUT2D eigenvalue weighted by atomic mass is 10.0. The van der Waals surface area contributed by atoms with E-state index in [4.69, 9.17) is 27.9 Å². The molecule has 0 saturated carbocycles. The summed E-state index contributed by atoms with van der Waals surface area (Å²) >= 11 is 11.9. The summed E-state index contributed by atoms with van der Waals surface area (Å²) in [5, 5.41) is 15.2. The Morgan fingerprint density at radius 2 is 2.15 bits per heavy atom. The highest BCUT2D eigenvalue weighted by Gasteiger charge is 2.31. The molecule has 0 bridgehead atoms. The summed E-state index contributed by atoms with van der Waals surface area (Å²) in [5.74, 6) is 0.471. The number of aromatic nitrogens is 3. The number of halogens is 2. The predicted octanol–water partition coefficient (Wildman–Crippen LogP) is 2.80. The fraction of sp³-hybridized carbons (Fsp3) is 0.385. The molecular weight excluding hydrogens is 301 g/mol. The van der Waals surface area contributed by atoms with Crippen LogP contribution in [0.3, 0.4) is 0 Å². The van der Waals surface area contributed by atoms with Crippen molar-refractivity contribution in [2.24, 2.45) is 0 Å². The Morgan fingerprint density at radius 1 is 1.40 bits per heavy atom. The van der Waals surface area contributed by atoms with Gasteiger partial charge in [-0.1, -0.05) is 23.2 Å². The number of aliphatic hydroxyl groups is 1. The van der Waals surface area contributed by atoms with Gasteiger partial charge in [-0.2, -0.15) is 5.10 Å². The predicted molar refractivity (Wildman–Crippen MR) is 77.2 cm³/mol. The van der Waals surface area contributed by atoms with Gasteiger partial charge in [0.15, 0.2) is 0 Å². The monoisotopic (exact) mass is 315 g/mol. The first kappa shape index (κ1) is 15.1. The SMILES string of the molecule is CC(C)(Oc1ccc(Cl)cc1Cl)C(O)Cn1cncn1. The lowest BCUT2D eigenvalue weighted by Gasteiger charge is -2.31. The van der Waals surface area contributed by atoms with Crippen molar-refractivity contribution in [2.75, 3.05) is 0 Å². The minimum absolute atomic E-state index is 0.276. The molecule has 1 N–H and O–H groups in total. The molecule has 0 amide bonds. The highest BCUT2D eigenvalue weighted by molar-refractivity contribution is 6.35. The normalized spacial score (nSPS) is 13.2. The molecule has 5 nitrogen and oxygen atoms in total. The van der Waals surface area contributed by atoms with E-state index in [1.165, 1.54) is 12.7 Å². The van der Waals surface area contributed by atoms with Crippen molar-refractivity contribution in [3.8, 4) is 5.75 Å². The van der Waals surface area contributed by atoms with Crippen molar-refractivity contribution in [1.29, 1.82) is 0 Å². The van der Waals surface area contributed by atoms with Gasteiger partial charge in [0.25, 0.3) is 0 Å². The summed E-state index contributed by atoms with van der Waals surface area (Å²) in [4.78, 5) is 3.83. The number of aliphatic hydroxyl groups excluding tert-OH is 1. The van der Waals surface area contributed by atoms with Gasteiger partial charge in [-0.3, -0.25) is 4.68 Å². The maximum atomic E-state index is 10.3. The van der Waals surface area contributed by atoms with Crippen LogP contribution < -0.4 is 4.74 Å². The third-order valence-corrected chi connectivity index (χ3v) is 3.43. The van der Waals surface area contributed by atoms with Crippen molar-refractivity contribution in [1.82, 2.24) is 14.8 Å². The van der Waals surface area contributed by atoms with Crippen LogP contribution in [0.4, 0.5) is 0 Å². The van der Waals surface area contributed by atoms with E-state index in [9.17, 15) is 5.11 Å². The van der Waals surface area contributed by atoms with Crippen molar-refractivity contribution < 1.29 is 9.84 Å². The fourth-order valence-electron chi connectivity index (χ4n) is 1.63. The second-order valence-corrected chi connectivity index (χ2v) is 5.76. The summed E-state index contributed by atoms with van der Waals surface area (Å²) in [6.45, 7) is 3.83. The number of nitrogens with zero attached hydrogens (tertiary/aromatic N) is 3. The summed E-state index contributed by atoms with van der Waals surface area (Å²) in [6, 6.07) is 4.95. The standard InChI is InChI=1S/C13H15Cl2N3O2/c1-13(2,12(19)6-18-8-16-7-17-18)20-11-4-3-9(14)5-10(11)15/h3-5,7-8,12,19H,6H2,1-2H3. The van der Waals surface area contributed by atoms with Crippen LogP contribution in [-0.4, -0.2) is 31.6 Å². The summed E-state index contributed by atoms with van der Waals surface area (Å²) < 4.78 is 7.34. The number of hydrogen-bond donors (Lipinski definition) is 1. The van der Waals surface area contributed by atoms with Crippen LogP contribution in [0.15, 0.2) is 30.9 Å². The third kappa shape index (κ3) is 3.62. The molecule has 20 heavy (non-hydrogen) atoms. The Hall–Kier alpha value is -1.30. The molecule has 2 rings (SSSR count). The lowest BCUT2D eigenvalue weighted by Crippen LogP contribution is -2.44. The zero-order valence-corrected chi connectivity index (χ0v) is 12.6. The van der Waals surface area contributed by atoms with Crippen molar-refractivity contribution in [2.45, 2.75) is 32.1 Å². The Kier molecular flexibility index (Phi) is 4.52. The summed E-state index contributed by atoms with van der Waals surface area (Å²) in [7, 11) is 0. The minimum Gasteiger partial charge on any atom is -0.484 e. The first-order chi connectivity index (χ1) is 9.38. The molecule has 0 fully saturated rings. The van der Waals surface area contributed by atoms with Gasteiger partial charge in [-0.15, -0.1) is 0 Å². The van der Waals surface area contributed by atoms with E-state index in [1.807, 2.05) is 0 Å². The first-order valence-electron chi connectivity index (χ1n) is 6.03. The number of ether oxygens (including phenoxy) is 1. The molecule has 0 radical (unpaired) electrons. The molecule has 7 heteroatoms. The molecule has 1 unspecified atom stereocenters. The van der Waals surface area contributed by atoms with Crippen LogP contribution in [0, 0.1) is 0 Å². The average molecular weight is 316 g/mol. The topological polar surface area (TPSA) is 60.2 Å². The number of hydrogen-bond acceptors (Lipinski definition) is 4. The molecule has 1 heterocycles. The quantitative estimate of drug-likeness (QED) is 0.921.